The largest absolute Gasteiger partial charge is 0.480 e. The molecule has 0 unspecified atom stereocenters. The predicted octanol–water partition coefficient (Wildman–Crippen LogP) is -0.786. The number of hydrogen-bond acceptors (Lipinski definition) is 22. The van der Waals surface area contributed by atoms with Crippen LogP contribution in [0.15, 0.2) is 30.3 Å². The number of aliphatic carboxylic acids is 1. The van der Waals surface area contributed by atoms with Gasteiger partial charge in [-0.25, -0.2) is 4.79 Å². The third-order valence-corrected chi connectivity index (χ3v) is 22.9. The maximum Gasteiger partial charge on any atom is 0.326 e. The van der Waals surface area contributed by atoms with E-state index in [9.17, 15) is 96.2 Å². The van der Waals surface area contributed by atoms with Crippen LogP contribution < -0.4 is 108 Å². The normalized spacial score (nSPS) is 16.7. The highest BCUT2D eigenvalue weighted by molar-refractivity contribution is 6.02. The maximum atomic E-state index is 14.8. The summed E-state index contributed by atoms with van der Waals surface area (Å²) in [7, 11) is 0. The van der Waals surface area contributed by atoms with Crippen molar-refractivity contribution in [3.8, 4) is 0 Å². The highest BCUT2D eigenvalue weighted by Crippen LogP contribution is 2.24. The summed E-state index contributed by atoms with van der Waals surface area (Å²) >= 11 is 0. The molecule has 19 atom stereocenters. The first kappa shape index (κ1) is 117. The van der Waals surface area contributed by atoms with Crippen LogP contribution in [0.25, 0.3) is 0 Å². The monoisotopic (exact) mass is 1860 g/mol. The minimum Gasteiger partial charge on any atom is -0.480 e. The Morgan fingerprint density at radius 2 is 0.727 bits per heavy atom. The molecule has 1 aromatic rings. The van der Waals surface area contributed by atoms with Gasteiger partial charge in [-0.2, -0.15) is 0 Å². The highest BCUT2D eigenvalue weighted by Gasteiger charge is 2.43. The summed E-state index contributed by atoms with van der Waals surface area (Å²) in [4.78, 5) is 264. The molecule has 41 nitrogen and oxygen atoms in total. The first-order chi connectivity index (χ1) is 61.9. The number of nitrogens with one attached hydrogen (secondary N) is 16. The third kappa shape index (κ3) is 42.7. The van der Waals surface area contributed by atoms with E-state index in [1.807, 2.05) is 27.7 Å². The molecular formula is C91H157N21O20. The van der Waals surface area contributed by atoms with Crippen LogP contribution in [-0.2, 0) is 97.5 Å². The van der Waals surface area contributed by atoms with Gasteiger partial charge in [-0.3, -0.25) is 86.3 Å². The number of carboxylic acid groups (broad SMARTS) is 1. The van der Waals surface area contributed by atoms with E-state index >= 15 is 0 Å². The summed E-state index contributed by atoms with van der Waals surface area (Å²) in [6.45, 7) is 31.8. The smallest absolute Gasteiger partial charge is 0.326 e. The number of likely N-dealkylation sites (tertiary alicyclic amines) is 1. The third-order valence-electron chi connectivity index (χ3n) is 22.9. The molecule has 41 heteroatoms. The van der Waals surface area contributed by atoms with E-state index in [-0.39, 0.29) is 113 Å². The Kier molecular flexibility index (Phi) is 53.4. The lowest BCUT2D eigenvalue weighted by molar-refractivity contribution is -0.143. The van der Waals surface area contributed by atoms with E-state index in [0.717, 1.165) is 5.56 Å². The van der Waals surface area contributed by atoms with Gasteiger partial charge < -0.3 is 118 Å². The number of unbranched alkanes of at least 4 members (excludes halogenated alkanes) is 2. The zero-order chi connectivity index (χ0) is 100. The van der Waals surface area contributed by atoms with Gasteiger partial charge in [-0.1, -0.05) is 160 Å². The first-order valence-corrected chi connectivity index (χ1v) is 46.7. The fraction of sp³-hybridized carbons (Fsp3) is 0.725. The van der Waals surface area contributed by atoms with Gasteiger partial charge in [0, 0.05) is 13.0 Å². The molecule has 25 N–H and O–H groups in total. The standard InChI is InChI=1S/C91H157N21O20/c1-20-53(14)73(95)87(127)108-66(44-59-31-24-23-25-32-59)80(120)97-47-72(115)99-57(18)78(118)110-74(54(15)21-2)89(129)109-68(43-52(12)13)90(130)112-38-30-35-69(112)86(126)107-63(40-49(6)7)82(122)100-58(19)77(117)103-62(39-48(4)5)79(119)96-46-71(114)98-56(17)76(116)104-64(41-50(8)9)83(123)101-60(33-26-28-36-92)81(121)106-67(45-70(94)113)84(124)105-65(42-51(10)11)85(125)111-75(55(16)22-3)88(128)102-61(91(131)132)34-27-29-37-93/h23-25,31-32,48-58,60-69,73-75H,20-22,26-30,33-47,92-93,95H2,1-19H3,(H2,94,113)(H,96,119)(H,97,120)(H,98,114)(H,99,115)(H,100,122)(H,101,123)(H,102,128)(H,103,117)(H,104,116)(H,105,124)(H,106,121)(H,107,126)(H,108,127)(H,109,129)(H,110,118)(H,111,125)(H,131,132)/t53-,54-,55-,56-,57-,58-,60-,61-,62-,63-,64-,65-,66-,67-,68-,69-,73-,74-,75-/m0/s1. The van der Waals surface area contributed by atoms with Crippen molar-refractivity contribution >= 4 is 112 Å². The molecule has 1 aliphatic rings. The molecule has 1 aliphatic heterocycles. The molecule has 0 spiro atoms. The van der Waals surface area contributed by atoms with Crippen LogP contribution in [0.1, 0.15) is 246 Å². The molecule has 746 valence electrons. The second-order valence-electron chi connectivity index (χ2n) is 37.1. The van der Waals surface area contributed by atoms with Gasteiger partial charge in [0.05, 0.1) is 25.6 Å². The number of carbonyl (C=O) groups is 19. The van der Waals surface area contributed by atoms with E-state index in [2.05, 4.69) is 85.1 Å². The molecule has 0 radical (unpaired) electrons. The quantitative estimate of drug-likeness (QED) is 0.0356. The van der Waals surface area contributed by atoms with Crippen LogP contribution in [0.3, 0.4) is 0 Å². The van der Waals surface area contributed by atoms with E-state index in [0.29, 0.717) is 51.5 Å². The lowest BCUT2D eigenvalue weighted by Crippen LogP contribution is -2.61. The van der Waals surface area contributed by atoms with Crippen LogP contribution in [-0.4, -0.2) is 252 Å². The van der Waals surface area contributed by atoms with Gasteiger partial charge in [0.1, 0.15) is 90.6 Å². The number of primary amides is 1. The predicted molar refractivity (Wildman–Crippen MR) is 496 cm³/mol. The van der Waals surface area contributed by atoms with Gasteiger partial charge in [-0.15, -0.1) is 0 Å². The van der Waals surface area contributed by atoms with Crippen molar-refractivity contribution in [2.75, 3.05) is 32.7 Å². The van der Waals surface area contributed by atoms with Gasteiger partial charge in [-0.05, 0) is 170 Å². The molecule has 1 fully saturated rings. The van der Waals surface area contributed by atoms with Crippen LogP contribution >= 0.6 is 0 Å². The second-order valence-corrected chi connectivity index (χ2v) is 37.1. The number of benzene rings is 1. The molecule has 0 aromatic heterocycles. The van der Waals surface area contributed by atoms with Gasteiger partial charge in [0.15, 0.2) is 0 Å². The molecular weight excluding hydrogens is 1710 g/mol. The first-order valence-electron chi connectivity index (χ1n) is 46.7. The van der Waals surface area contributed by atoms with Crippen molar-refractivity contribution in [2.24, 2.45) is 70.3 Å². The minimum absolute atomic E-state index is 0.00443. The molecule has 0 bridgehead atoms. The number of nitrogens with zero attached hydrogens (tertiary/aromatic N) is 1. The summed E-state index contributed by atoms with van der Waals surface area (Å²) in [6.07, 6.45) is 3.01. The lowest BCUT2D eigenvalue weighted by atomic mass is 9.96. The molecule has 1 aromatic carbocycles. The Hall–Kier alpha value is -11.0. The fourth-order valence-corrected chi connectivity index (χ4v) is 14.6. The molecule has 132 heavy (non-hydrogen) atoms. The van der Waals surface area contributed by atoms with E-state index in [4.69, 9.17) is 22.9 Å². The molecule has 0 saturated carbocycles. The van der Waals surface area contributed by atoms with Gasteiger partial charge in [0.2, 0.25) is 106 Å². The average Bonchev–Trinajstić information content (AvgIpc) is 1.66. The van der Waals surface area contributed by atoms with Crippen molar-refractivity contribution in [2.45, 2.75) is 344 Å². The summed E-state index contributed by atoms with van der Waals surface area (Å²) in [5.41, 5.74) is 23.9. The van der Waals surface area contributed by atoms with Crippen LogP contribution in [0.2, 0.25) is 0 Å². The SMILES string of the molecule is CC[C@H](C)[C@H](N)C(=O)N[C@@H](Cc1ccccc1)C(=O)NCC(=O)N[C@@H](C)C(=O)N[C@H](C(=O)N[C@@H](CC(C)C)C(=O)N1CCC[C@H]1C(=O)N[C@@H](CC(C)C)C(=O)N[C@@H](C)C(=O)N[C@@H](CC(C)C)C(=O)NCC(=O)N[C@@H](C)C(=O)N[C@@H](CC(C)C)C(=O)N[C@@H](CCCCN)C(=O)N[C@@H](CC(N)=O)C(=O)N[C@@H](CC(C)C)C(=O)N[C@H](C(=O)N[C@@H](CCCCN)C(=O)O)[C@@H](C)CC)[C@@H](C)CC. The summed E-state index contributed by atoms with van der Waals surface area (Å²) in [5.74, 6) is -18.0. The molecule has 0 aliphatic carbocycles. The Morgan fingerprint density at radius 3 is 1.17 bits per heavy atom. The zero-order valence-corrected chi connectivity index (χ0v) is 81.0. The molecule has 1 heterocycles. The van der Waals surface area contributed by atoms with Crippen molar-refractivity contribution < 1.29 is 96.2 Å². The van der Waals surface area contributed by atoms with E-state index in [1.54, 1.807) is 113 Å². The number of nitrogens with two attached hydrogens (primary N) is 4. The van der Waals surface area contributed by atoms with Crippen molar-refractivity contribution in [3.63, 3.8) is 0 Å². The molecule has 1 saturated heterocycles. The Labute approximate surface area is 777 Å². The average molecular weight is 1870 g/mol. The number of amides is 18. The summed E-state index contributed by atoms with van der Waals surface area (Å²) < 4.78 is 0. The van der Waals surface area contributed by atoms with Crippen LogP contribution in [0.4, 0.5) is 0 Å². The minimum atomic E-state index is -1.73. The van der Waals surface area contributed by atoms with E-state index in [1.165, 1.54) is 25.7 Å². The Balaban J connectivity index is 2.24. The zero-order valence-electron chi connectivity index (χ0n) is 81.0. The number of carboxylic acids is 1. The van der Waals surface area contributed by atoms with Crippen LogP contribution in [0.5, 0.6) is 0 Å². The summed E-state index contributed by atoms with van der Waals surface area (Å²) in [6, 6.07) is -11.5. The highest BCUT2D eigenvalue weighted by atomic mass is 16.4. The van der Waals surface area contributed by atoms with Crippen LogP contribution in [0, 0.1) is 47.3 Å². The summed E-state index contributed by atoms with van der Waals surface area (Å²) in [5, 5.41) is 51.7. The number of hydrogen-bond donors (Lipinski definition) is 21. The Bertz CT molecular complexity index is 3970. The van der Waals surface area contributed by atoms with Gasteiger partial charge in [0.25, 0.3) is 0 Å². The van der Waals surface area contributed by atoms with Crippen molar-refractivity contribution in [3.05, 3.63) is 35.9 Å². The second kappa shape index (κ2) is 60.2. The fourth-order valence-electron chi connectivity index (χ4n) is 14.6. The topological polar surface area (TPSA) is 644 Å². The number of carbonyl (C=O) groups excluding carboxylic acids is 18. The van der Waals surface area contributed by atoms with Crippen molar-refractivity contribution in [1.82, 2.24) is 90.0 Å². The molecule has 18 amide bonds. The van der Waals surface area contributed by atoms with E-state index < -0.39 is 240 Å². The lowest BCUT2D eigenvalue weighted by Gasteiger charge is -2.32. The van der Waals surface area contributed by atoms with Crippen molar-refractivity contribution in [1.29, 1.82) is 0 Å². The maximum absolute atomic E-state index is 14.8. The number of rotatable bonds is 62. The Morgan fingerprint density at radius 1 is 0.379 bits per heavy atom. The van der Waals surface area contributed by atoms with Gasteiger partial charge >= 0.3 is 5.97 Å². The molecule has 2 rings (SSSR count).